The Balaban J connectivity index is 1.73. The molecule has 30 heavy (non-hydrogen) atoms. The SMILES string of the molecule is Cc1ccc(C(=O)c2sc3cc(O)ccc3c2Oc2ccc(/C=C/C(=O)O)cc2)[nH]1. The van der Waals surface area contributed by atoms with Gasteiger partial charge in [-0.15, -0.1) is 11.3 Å². The van der Waals surface area contributed by atoms with Gasteiger partial charge < -0.3 is 19.9 Å². The van der Waals surface area contributed by atoms with Gasteiger partial charge in [-0.05, 0) is 61.0 Å². The maximum atomic E-state index is 13.1. The van der Waals surface area contributed by atoms with E-state index in [1.165, 1.54) is 17.4 Å². The molecule has 0 aliphatic heterocycles. The number of aromatic nitrogens is 1. The lowest BCUT2D eigenvalue weighted by molar-refractivity contribution is -0.131. The lowest BCUT2D eigenvalue weighted by Gasteiger charge is -2.08. The van der Waals surface area contributed by atoms with E-state index in [0.29, 0.717) is 27.6 Å². The van der Waals surface area contributed by atoms with Crippen molar-refractivity contribution in [3.05, 3.63) is 82.5 Å². The third-order valence-corrected chi connectivity index (χ3v) is 5.56. The third kappa shape index (κ3) is 3.97. The molecule has 7 heteroatoms. The van der Waals surface area contributed by atoms with Crippen LogP contribution < -0.4 is 4.74 Å². The fraction of sp³-hybridized carbons (Fsp3) is 0.0435. The van der Waals surface area contributed by atoms with Crippen LogP contribution in [-0.2, 0) is 4.79 Å². The van der Waals surface area contributed by atoms with Crippen LogP contribution in [0.25, 0.3) is 16.2 Å². The van der Waals surface area contributed by atoms with E-state index in [0.717, 1.165) is 21.9 Å². The monoisotopic (exact) mass is 419 g/mol. The molecule has 6 nitrogen and oxygen atoms in total. The summed E-state index contributed by atoms with van der Waals surface area (Å²) in [5.74, 6) is -0.182. The summed E-state index contributed by atoms with van der Waals surface area (Å²) in [7, 11) is 0. The minimum Gasteiger partial charge on any atom is -0.508 e. The number of nitrogens with one attached hydrogen (secondary N) is 1. The van der Waals surface area contributed by atoms with Crippen molar-refractivity contribution in [2.75, 3.05) is 0 Å². The lowest BCUT2D eigenvalue weighted by Crippen LogP contribution is -2.01. The number of carbonyl (C=O) groups is 2. The van der Waals surface area contributed by atoms with Crippen LogP contribution in [0.15, 0.2) is 60.7 Å². The van der Waals surface area contributed by atoms with Crippen molar-refractivity contribution < 1.29 is 24.5 Å². The van der Waals surface area contributed by atoms with Gasteiger partial charge in [-0.3, -0.25) is 4.79 Å². The average Bonchev–Trinajstić information content (AvgIpc) is 3.30. The highest BCUT2D eigenvalue weighted by molar-refractivity contribution is 7.21. The summed E-state index contributed by atoms with van der Waals surface area (Å²) >= 11 is 1.25. The van der Waals surface area contributed by atoms with Crippen LogP contribution in [0.5, 0.6) is 17.2 Å². The number of aliphatic carboxylic acids is 1. The molecule has 2 heterocycles. The molecule has 3 N–H and O–H groups in total. The highest BCUT2D eigenvalue weighted by Gasteiger charge is 2.23. The van der Waals surface area contributed by atoms with Crippen molar-refractivity contribution >= 4 is 39.3 Å². The average molecular weight is 419 g/mol. The summed E-state index contributed by atoms with van der Waals surface area (Å²) < 4.78 is 6.82. The molecule has 0 fully saturated rings. The first-order valence-corrected chi connectivity index (χ1v) is 9.87. The number of rotatable bonds is 6. The van der Waals surface area contributed by atoms with Crippen molar-refractivity contribution in [3.8, 4) is 17.2 Å². The molecule has 2 aromatic heterocycles. The number of aromatic amines is 1. The molecule has 0 radical (unpaired) electrons. The first-order valence-electron chi connectivity index (χ1n) is 9.05. The minimum atomic E-state index is -1.02. The highest BCUT2D eigenvalue weighted by atomic mass is 32.1. The van der Waals surface area contributed by atoms with Crippen LogP contribution in [-0.4, -0.2) is 26.9 Å². The second-order valence-electron chi connectivity index (χ2n) is 6.67. The van der Waals surface area contributed by atoms with Gasteiger partial charge in [0, 0.05) is 21.9 Å². The molecule has 0 unspecified atom stereocenters. The molecule has 0 spiro atoms. The van der Waals surface area contributed by atoms with Gasteiger partial charge in [0.15, 0.2) is 5.75 Å². The number of hydrogen-bond acceptors (Lipinski definition) is 5. The largest absolute Gasteiger partial charge is 0.508 e. The van der Waals surface area contributed by atoms with Gasteiger partial charge in [0.2, 0.25) is 5.78 Å². The Labute approximate surface area is 175 Å². The highest BCUT2D eigenvalue weighted by Crippen LogP contribution is 2.42. The number of fused-ring (bicyclic) bond motifs is 1. The number of phenolic OH excluding ortho intramolecular Hbond substituents is 1. The second kappa shape index (κ2) is 7.88. The van der Waals surface area contributed by atoms with E-state index < -0.39 is 5.97 Å². The molecule has 0 amide bonds. The molecule has 0 atom stereocenters. The van der Waals surface area contributed by atoms with Gasteiger partial charge in [0.25, 0.3) is 0 Å². The van der Waals surface area contributed by atoms with E-state index in [1.807, 2.05) is 13.0 Å². The standard InChI is InChI=1S/C23H17NO5S/c1-13-2-10-18(24-13)21(28)23-22(17-9-6-15(25)12-19(17)30-23)29-16-7-3-14(4-8-16)5-11-20(26)27/h2-12,24-25H,1H3,(H,26,27)/b11-5+. The Morgan fingerprint density at radius 3 is 2.50 bits per heavy atom. The number of carbonyl (C=O) groups excluding carboxylic acids is 1. The first kappa shape index (κ1) is 19.5. The zero-order valence-corrected chi connectivity index (χ0v) is 16.7. The molecule has 0 aliphatic carbocycles. The van der Waals surface area contributed by atoms with Crippen molar-refractivity contribution in [1.29, 1.82) is 0 Å². The number of H-pyrrole nitrogens is 1. The van der Waals surface area contributed by atoms with Crippen LogP contribution in [0.4, 0.5) is 0 Å². The van der Waals surface area contributed by atoms with E-state index in [4.69, 9.17) is 9.84 Å². The predicted octanol–water partition coefficient (Wildman–Crippen LogP) is 5.36. The third-order valence-electron chi connectivity index (χ3n) is 4.43. The number of thiophene rings is 1. The zero-order chi connectivity index (χ0) is 21.3. The van der Waals surface area contributed by atoms with Crippen LogP contribution >= 0.6 is 11.3 Å². The fourth-order valence-corrected chi connectivity index (χ4v) is 4.12. The van der Waals surface area contributed by atoms with Crippen molar-refractivity contribution in [3.63, 3.8) is 0 Å². The minimum absolute atomic E-state index is 0.111. The van der Waals surface area contributed by atoms with Gasteiger partial charge in [0.1, 0.15) is 16.4 Å². The molecule has 150 valence electrons. The smallest absolute Gasteiger partial charge is 0.328 e. The molecular formula is C23H17NO5S. The normalized spacial score (nSPS) is 11.2. The number of carboxylic acids is 1. The summed E-state index contributed by atoms with van der Waals surface area (Å²) in [4.78, 5) is 27.2. The van der Waals surface area contributed by atoms with Crippen molar-refractivity contribution in [1.82, 2.24) is 4.98 Å². The van der Waals surface area contributed by atoms with E-state index in [1.54, 1.807) is 48.5 Å². The maximum Gasteiger partial charge on any atom is 0.328 e. The Morgan fingerprint density at radius 2 is 1.83 bits per heavy atom. The Morgan fingerprint density at radius 1 is 1.07 bits per heavy atom. The quantitative estimate of drug-likeness (QED) is 0.288. The van der Waals surface area contributed by atoms with Gasteiger partial charge >= 0.3 is 5.97 Å². The fourth-order valence-electron chi connectivity index (χ4n) is 3.00. The summed E-state index contributed by atoms with van der Waals surface area (Å²) in [6.45, 7) is 1.87. The van der Waals surface area contributed by atoms with E-state index >= 15 is 0 Å². The maximum absolute atomic E-state index is 13.1. The Hall–Kier alpha value is -3.84. The second-order valence-corrected chi connectivity index (χ2v) is 7.72. The molecule has 2 aromatic carbocycles. The molecule has 0 saturated heterocycles. The first-order chi connectivity index (χ1) is 14.4. The van der Waals surface area contributed by atoms with Crippen LogP contribution in [0, 0.1) is 6.92 Å². The van der Waals surface area contributed by atoms with E-state index in [-0.39, 0.29) is 11.5 Å². The molecule has 4 aromatic rings. The zero-order valence-electron chi connectivity index (χ0n) is 15.9. The number of aryl methyl sites for hydroxylation is 1. The number of hydrogen-bond donors (Lipinski definition) is 3. The molecule has 4 rings (SSSR count). The number of ether oxygens (including phenoxy) is 1. The predicted molar refractivity (Wildman–Crippen MR) is 116 cm³/mol. The summed E-state index contributed by atoms with van der Waals surface area (Å²) in [5.41, 5.74) is 2.05. The topological polar surface area (TPSA) is 99.6 Å². The van der Waals surface area contributed by atoms with Crippen LogP contribution in [0.3, 0.4) is 0 Å². The van der Waals surface area contributed by atoms with Gasteiger partial charge in [-0.1, -0.05) is 12.1 Å². The van der Waals surface area contributed by atoms with Crippen LogP contribution in [0.2, 0.25) is 0 Å². The molecule has 0 saturated carbocycles. The summed E-state index contributed by atoms with van der Waals surface area (Å²) in [6, 6.07) is 15.3. The Kier molecular flexibility index (Phi) is 5.12. The lowest BCUT2D eigenvalue weighted by atomic mass is 10.1. The van der Waals surface area contributed by atoms with Gasteiger partial charge in [0.05, 0.1) is 5.69 Å². The summed E-state index contributed by atoms with van der Waals surface area (Å²) in [5, 5.41) is 19.3. The van der Waals surface area contributed by atoms with Gasteiger partial charge in [-0.25, -0.2) is 4.79 Å². The number of ketones is 1. The van der Waals surface area contributed by atoms with Crippen molar-refractivity contribution in [2.45, 2.75) is 6.92 Å². The van der Waals surface area contributed by atoms with E-state index in [2.05, 4.69) is 4.98 Å². The molecular weight excluding hydrogens is 402 g/mol. The number of aromatic hydroxyl groups is 1. The number of benzene rings is 2. The number of carboxylic acid groups (broad SMARTS) is 1. The van der Waals surface area contributed by atoms with Crippen molar-refractivity contribution in [2.24, 2.45) is 0 Å². The van der Waals surface area contributed by atoms with Gasteiger partial charge in [-0.2, -0.15) is 0 Å². The molecule has 0 bridgehead atoms. The number of phenols is 1. The Bertz CT molecular complexity index is 1280. The van der Waals surface area contributed by atoms with E-state index in [9.17, 15) is 14.7 Å². The molecule has 0 aliphatic rings. The van der Waals surface area contributed by atoms with Crippen LogP contribution in [0.1, 0.15) is 26.6 Å². The summed E-state index contributed by atoms with van der Waals surface area (Å²) in [6.07, 6.45) is 2.54.